The van der Waals surface area contributed by atoms with E-state index in [9.17, 15) is 12.8 Å². The van der Waals surface area contributed by atoms with Crippen molar-refractivity contribution in [2.45, 2.75) is 4.90 Å². The molecule has 2 aromatic carbocycles. The second kappa shape index (κ2) is 6.03. The van der Waals surface area contributed by atoms with Gasteiger partial charge in [-0.3, -0.25) is 4.31 Å². The van der Waals surface area contributed by atoms with Gasteiger partial charge >= 0.3 is 0 Å². The number of ether oxygens (including phenoxy) is 1. The average Bonchev–Trinajstić information content (AvgIpc) is 2.49. The van der Waals surface area contributed by atoms with E-state index in [1.165, 1.54) is 26.3 Å². The molecule has 0 spiro atoms. The van der Waals surface area contributed by atoms with E-state index in [0.717, 1.165) is 10.4 Å². The van der Waals surface area contributed by atoms with E-state index in [2.05, 4.69) is 15.9 Å². The molecular formula is C14H13BrFNO3S. The zero-order chi connectivity index (χ0) is 15.6. The number of rotatable bonds is 4. The van der Waals surface area contributed by atoms with Gasteiger partial charge in [0.25, 0.3) is 10.0 Å². The highest BCUT2D eigenvalue weighted by atomic mass is 79.9. The molecule has 0 saturated heterocycles. The smallest absolute Gasteiger partial charge is 0.264 e. The molecular weight excluding hydrogens is 361 g/mol. The molecule has 0 N–H and O–H groups in total. The molecule has 0 fully saturated rings. The summed E-state index contributed by atoms with van der Waals surface area (Å²) in [5.41, 5.74) is 0.428. The Labute approximate surface area is 131 Å². The van der Waals surface area contributed by atoms with Gasteiger partial charge in [-0.1, -0.05) is 6.07 Å². The molecule has 0 heterocycles. The normalized spacial score (nSPS) is 11.2. The number of hydrogen-bond donors (Lipinski definition) is 0. The summed E-state index contributed by atoms with van der Waals surface area (Å²) in [5.74, 6) is -0.0911. The van der Waals surface area contributed by atoms with Gasteiger partial charge in [0.2, 0.25) is 0 Å². The summed E-state index contributed by atoms with van der Waals surface area (Å²) in [6, 6.07) is 10.3. The summed E-state index contributed by atoms with van der Waals surface area (Å²) in [4.78, 5) is -0.117. The van der Waals surface area contributed by atoms with Gasteiger partial charge < -0.3 is 4.74 Å². The van der Waals surface area contributed by atoms with E-state index in [-0.39, 0.29) is 9.37 Å². The van der Waals surface area contributed by atoms with Crippen molar-refractivity contribution in [2.75, 3.05) is 18.5 Å². The Kier molecular flexibility index (Phi) is 4.53. The number of sulfonamides is 1. The zero-order valence-corrected chi connectivity index (χ0v) is 13.8. The Balaban J connectivity index is 2.44. The van der Waals surface area contributed by atoms with Crippen LogP contribution in [0.3, 0.4) is 0 Å². The predicted octanol–water partition coefficient (Wildman–Crippen LogP) is 3.42. The van der Waals surface area contributed by atoms with Crippen LogP contribution in [0.1, 0.15) is 0 Å². The fraction of sp³-hybridized carbons (Fsp3) is 0.143. The Bertz CT molecular complexity index is 765. The second-order valence-corrected chi connectivity index (χ2v) is 7.07. The van der Waals surface area contributed by atoms with Gasteiger partial charge in [0.1, 0.15) is 11.6 Å². The minimum absolute atomic E-state index is 0.117. The van der Waals surface area contributed by atoms with E-state index in [1.54, 1.807) is 24.3 Å². The van der Waals surface area contributed by atoms with Crippen LogP contribution in [0, 0.1) is 5.82 Å². The van der Waals surface area contributed by atoms with Gasteiger partial charge in [0, 0.05) is 13.1 Å². The summed E-state index contributed by atoms with van der Waals surface area (Å²) in [7, 11) is -0.935. The van der Waals surface area contributed by atoms with Gasteiger partial charge in [-0.15, -0.1) is 0 Å². The maximum absolute atomic E-state index is 13.5. The van der Waals surface area contributed by atoms with Crippen molar-refractivity contribution in [3.8, 4) is 5.75 Å². The topological polar surface area (TPSA) is 46.6 Å². The molecule has 0 bridgehead atoms. The fourth-order valence-electron chi connectivity index (χ4n) is 1.74. The van der Waals surface area contributed by atoms with Crippen LogP contribution in [0.5, 0.6) is 5.75 Å². The van der Waals surface area contributed by atoms with Crippen molar-refractivity contribution in [2.24, 2.45) is 0 Å². The third-order valence-corrected chi connectivity index (χ3v) is 5.39. The van der Waals surface area contributed by atoms with Crippen LogP contribution in [0.15, 0.2) is 51.8 Å². The first-order chi connectivity index (χ1) is 9.86. The van der Waals surface area contributed by atoms with Crippen LogP contribution < -0.4 is 9.04 Å². The van der Waals surface area contributed by atoms with Gasteiger partial charge in [-0.05, 0) is 46.3 Å². The molecule has 2 aromatic rings. The number of nitrogens with zero attached hydrogens (tertiary/aromatic N) is 1. The number of halogens is 2. The van der Waals surface area contributed by atoms with Crippen LogP contribution in [0.4, 0.5) is 10.1 Å². The Morgan fingerprint density at radius 3 is 2.52 bits per heavy atom. The van der Waals surface area contributed by atoms with E-state index in [0.29, 0.717) is 11.4 Å². The molecule has 0 saturated carbocycles. The molecule has 4 nitrogen and oxygen atoms in total. The molecule has 0 atom stereocenters. The van der Waals surface area contributed by atoms with E-state index in [1.807, 2.05) is 0 Å². The van der Waals surface area contributed by atoms with Crippen LogP contribution in [0.2, 0.25) is 0 Å². The standard InChI is InChI=1S/C14H13BrFNO3S/c1-17(10-4-3-5-11(8-10)20-2)21(18,19)12-6-7-13(15)14(16)9-12/h3-9H,1-2H3. The van der Waals surface area contributed by atoms with Crippen molar-refractivity contribution >= 4 is 31.6 Å². The first kappa shape index (κ1) is 15.8. The lowest BCUT2D eigenvalue weighted by molar-refractivity contribution is 0.415. The van der Waals surface area contributed by atoms with Crippen molar-refractivity contribution < 1.29 is 17.5 Å². The van der Waals surface area contributed by atoms with E-state index >= 15 is 0 Å². The second-order valence-electron chi connectivity index (χ2n) is 4.25. The van der Waals surface area contributed by atoms with E-state index in [4.69, 9.17) is 4.74 Å². The maximum atomic E-state index is 13.5. The molecule has 0 aliphatic carbocycles. The first-order valence-electron chi connectivity index (χ1n) is 5.94. The monoisotopic (exact) mass is 373 g/mol. The highest BCUT2D eigenvalue weighted by molar-refractivity contribution is 9.10. The quantitative estimate of drug-likeness (QED) is 0.824. The SMILES string of the molecule is COc1cccc(N(C)S(=O)(=O)c2ccc(Br)c(F)c2)c1. The minimum Gasteiger partial charge on any atom is -0.497 e. The number of anilines is 1. The minimum atomic E-state index is -3.84. The first-order valence-corrected chi connectivity index (χ1v) is 8.17. The fourth-order valence-corrected chi connectivity index (χ4v) is 3.19. The number of methoxy groups -OCH3 is 1. The summed E-state index contributed by atoms with van der Waals surface area (Å²) in [5, 5.41) is 0. The van der Waals surface area contributed by atoms with Gasteiger partial charge in [0.15, 0.2) is 0 Å². The van der Waals surface area contributed by atoms with Crippen LogP contribution in [0.25, 0.3) is 0 Å². The van der Waals surface area contributed by atoms with Gasteiger partial charge in [0.05, 0.1) is 22.2 Å². The molecule has 21 heavy (non-hydrogen) atoms. The molecule has 0 aliphatic rings. The van der Waals surface area contributed by atoms with Crippen LogP contribution >= 0.6 is 15.9 Å². The third-order valence-electron chi connectivity index (χ3n) is 2.97. The van der Waals surface area contributed by atoms with Crippen LogP contribution in [-0.2, 0) is 10.0 Å². The van der Waals surface area contributed by atoms with Crippen molar-refractivity contribution in [1.82, 2.24) is 0 Å². The highest BCUT2D eigenvalue weighted by Gasteiger charge is 2.22. The summed E-state index contributed by atoms with van der Waals surface area (Å²) < 4.78 is 44.9. The molecule has 2 rings (SSSR count). The molecule has 0 amide bonds. The summed E-state index contributed by atoms with van der Waals surface area (Å²) in [6.45, 7) is 0. The Morgan fingerprint density at radius 2 is 1.90 bits per heavy atom. The molecule has 0 aromatic heterocycles. The summed E-state index contributed by atoms with van der Waals surface area (Å²) >= 11 is 3.00. The maximum Gasteiger partial charge on any atom is 0.264 e. The Morgan fingerprint density at radius 1 is 1.19 bits per heavy atom. The van der Waals surface area contributed by atoms with Gasteiger partial charge in [-0.2, -0.15) is 0 Å². The zero-order valence-electron chi connectivity index (χ0n) is 11.4. The van der Waals surface area contributed by atoms with Crippen molar-refractivity contribution in [3.05, 3.63) is 52.8 Å². The third kappa shape index (κ3) is 3.19. The average molecular weight is 374 g/mol. The molecule has 0 aliphatic heterocycles. The van der Waals surface area contributed by atoms with E-state index < -0.39 is 15.8 Å². The van der Waals surface area contributed by atoms with Gasteiger partial charge in [-0.25, -0.2) is 12.8 Å². The summed E-state index contributed by atoms with van der Waals surface area (Å²) in [6.07, 6.45) is 0. The predicted molar refractivity (Wildman–Crippen MR) is 82.7 cm³/mol. The van der Waals surface area contributed by atoms with Crippen molar-refractivity contribution in [1.29, 1.82) is 0 Å². The van der Waals surface area contributed by atoms with Crippen molar-refractivity contribution in [3.63, 3.8) is 0 Å². The number of hydrogen-bond acceptors (Lipinski definition) is 3. The molecule has 7 heteroatoms. The Hall–Kier alpha value is -1.60. The largest absolute Gasteiger partial charge is 0.497 e. The number of benzene rings is 2. The molecule has 112 valence electrons. The van der Waals surface area contributed by atoms with Crippen LogP contribution in [-0.4, -0.2) is 22.6 Å². The molecule has 0 radical (unpaired) electrons. The highest BCUT2D eigenvalue weighted by Crippen LogP contribution is 2.27. The molecule has 0 unspecified atom stereocenters. The lowest BCUT2D eigenvalue weighted by atomic mass is 10.3. The lowest BCUT2D eigenvalue weighted by Gasteiger charge is -2.20. The lowest BCUT2D eigenvalue weighted by Crippen LogP contribution is -2.26.